The van der Waals surface area contributed by atoms with Crippen molar-refractivity contribution in [1.82, 2.24) is 15.1 Å². The standard InChI is InChI=1S/C11H14BrN3O2/c1-7-4-5-15(6-8(7)12)11(17)9-2-3-10(16)14-13-9/h2-3,7-8H,4-6H2,1H3,(H,14,16). The fourth-order valence-electron chi connectivity index (χ4n) is 1.83. The lowest BCUT2D eigenvalue weighted by molar-refractivity contribution is 0.0698. The molecule has 2 unspecified atom stereocenters. The van der Waals surface area contributed by atoms with Gasteiger partial charge in [0.05, 0.1) is 0 Å². The predicted octanol–water partition coefficient (Wildman–Crippen LogP) is 1.02. The number of H-pyrrole nitrogens is 1. The molecule has 17 heavy (non-hydrogen) atoms. The highest BCUT2D eigenvalue weighted by Crippen LogP contribution is 2.23. The Morgan fingerprint density at radius 1 is 1.59 bits per heavy atom. The quantitative estimate of drug-likeness (QED) is 0.787. The van der Waals surface area contributed by atoms with Crippen LogP contribution < -0.4 is 5.56 Å². The summed E-state index contributed by atoms with van der Waals surface area (Å²) in [6.07, 6.45) is 0.977. The van der Waals surface area contributed by atoms with Crippen LogP contribution in [0.25, 0.3) is 0 Å². The van der Waals surface area contributed by atoms with Gasteiger partial charge in [0.2, 0.25) is 0 Å². The Bertz CT molecular complexity index is 454. The number of piperidine rings is 1. The van der Waals surface area contributed by atoms with Gasteiger partial charge < -0.3 is 4.90 Å². The van der Waals surface area contributed by atoms with Crippen molar-refractivity contribution in [1.29, 1.82) is 0 Å². The molecule has 1 amide bonds. The first-order chi connectivity index (χ1) is 8.08. The summed E-state index contributed by atoms with van der Waals surface area (Å²) in [4.78, 5) is 25.0. The maximum Gasteiger partial charge on any atom is 0.274 e. The number of alkyl halides is 1. The number of carbonyl (C=O) groups excluding carboxylic acids is 1. The largest absolute Gasteiger partial charge is 0.336 e. The van der Waals surface area contributed by atoms with Crippen LogP contribution in [0.1, 0.15) is 23.8 Å². The van der Waals surface area contributed by atoms with Gasteiger partial charge in [-0.3, -0.25) is 9.59 Å². The number of likely N-dealkylation sites (tertiary alicyclic amines) is 1. The van der Waals surface area contributed by atoms with E-state index in [0.29, 0.717) is 23.0 Å². The van der Waals surface area contributed by atoms with Gasteiger partial charge in [-0.1, -0.05) is 22.9 Å². The molecule has 0 radical (unpaired) electrons. The van der Waals surface area contributed by atoms with E-state index in [1.807, 2.05) is 0 Å². The molecule has 0 aliphatic carbocycles. The van der Waals surface area contributed by atoms with E-state index in [9.17, 15) is 9.59 Å². The fourth-order valence-corrected chi connectivity index (χ4v) is 2.45. The Hall–Kier alpha value is -1.17. The SMILES string of the molecule is CC1CCN(C(=O)c2ccc(=O)[nH]n2)CC1Br. The van der Waals surface area contributed by atoms with Crippen molar-refractivity contribution in [2.24, 2.45) is 5.92 Å². The number of hydrogen-bond acceptors (Lipinski definition) is 3. The third kappa shape index (κ3) is 2.74. The summed E-state index contributed by atoms with van der Waals surface area (Å²) in [5, 5.41) is 6.03. The van der Waals surface area contributed by atoms with E-state index in [-0.39, 0.29) is 11.5 Å². The van der Waals surface area contributed by atoms with Crippen LogP contribution in [0.2, 0.25) is 0 Å². The number of halogens is 1. The summed E-state index contributed by atoms with van der Waals surface area (Å²) < 4.78 is 0. The zero-order valence-electron chi connectivity index (χ0n) is 9.52. The molecule has 2 rings (SSSR count). The number of rotatable bonds is 1. The monoisotopic (exact) mass is 299 g/mol. The molecule has 0 saturated carbocycles. The van der Waals surface area contributed by atoms with E-state index < -0.39 is 0 Å². The number of nitrogens with one attached hydrogen (secondary N) is 1. The highest BCUT2D eigenvalue weighted by Gasteiger charge is 2.28. The molecule has 0 spiro atoms. The Balaban J connectivity index is 2.10. The molecule has 1 aliphatic rings. The topological polar surface area (TPSA) is 66.1 Å². The number of carbonyl (C=O) groups is 1. The van der Waals surface area contributed by atoms with E-state index in [1.54, 1.807) is 4.90 Å². The number of amides is 1. The summed E-state index contributed by atoms with van der Waals surface area (Å²) in [6.45, 7) is 3.59. The fraction of sp³-hybridized carbons (Fsp3) is 0.545. The lowest BCUT2D eigenvalue weighted by atomic mass is 9.99. The van der Waals surface area contributed by atoms with Gasteiger partial charge in [-0.25, -0.2) is 5.10 Å². The first kappa shape index (κ1) is 12.3. The minimum absolute atomic E-state index is 0.127. The molecule has 1 aliphatic heterocycles. The van der Waals surface area contributed by atoms with Gasteiger partial charge >= 0.3 is 0 Å². The Morgan fingerprint density at radius 2 is 2.35 bits per heavy atom. The van der Waals surface area contributed by atoms with E-state index in [1.165, 1.54) is 12.1 Å². The lowest BCUT2D eigenvalue weighted by Gasteiger charge is -2.33. The van der Waals surface area contributed by atoms with Crippen LogP contribution in [-0.2, 0) is 0 Å². The first-order valence-electron chi connectivity index (χ1n) is 5.57. The van der Waals surface area contributed by atoms with Crippen LogP contribution in [0, 0.1) is 5.92 Å². The highest BCUT2D eigenvalue weighted by atomic mass is 79.9. The molecule has 1 N–H and O–H groups in total. The summed E-state index contributed by atoms with van der Waals surface area (Å²) in [7, 11) is 0. The molecule has 5 nitrogen and oxygen atoms in total. The summed E-state index contributed by atoms with van der Waals surface area (Å²) in [6, 6.07) is 2.78. The lowest BCUT2D eigenvalue weighted by Crippen LogP contribution is -2.44. The third-order valence-electron chi connectivity index (χ3n) is 3.05. The maximum absolute atomic E-state index is 12.1. The van der Waals surface area contributed by atoms with Crippen LogP contribution in [0.3, 0.4) is 0 Å². The molecular formula is C11H14BrN3O2. The molecule has 1 aromatic heterocycles. The number of aromatic amines is 1. The zero-order chi connectivity index (χ0) is 12.4. The Kier molecular flexibility index (Phi) is 3.61. The number of nitrogens with zero attached hydrogens (tertiary/aromatic N) is 2. The average molecular weight is 300 g/mol. The molecule has 1 fully saturated rings. The van der Waals surface area contributed by atoms with E-state index in [2.05, 4.69) is 33.1 Å². The van der Waals surface area contributed by atoms with Gasteiger partial charge in [0.25, 0.3) is 11.5 Å². The van der Waals surface area contributed by atoms with Crippen LogP contribution >= 0.6 is 15.9 Å². The second-order valence-electron chi connectivity index (χ2n) is 4.34. The maximum atomic E-state index is 12.1. The second kappa shape index (κ2) is 5.00. The molecule has 6 heteroatoms. The normalized spacial score (nSPS) is 24.7. The molecule has 0 bridgehead atoms. The molecule has 1 aromatic rings. The van der Waals surface area contributed by atoms with Crippen molar-refractivity contribution in [3.8, 4) is 0 Å². The summed E-state index contributed by atoms with van der Waals surface area (Å²) in [5.41, 5.74) is -0.00830. The summed E-state index contributed by atoms with van der Waals surface area (Å²) in [5.74, 6) is 0.445. The third-order valence-corrected chi connectivity index (χ3v) is 4.24. The van der Waals surface area contributed by atoms with Gasteiger partial charge in [0.1, 0.15) is 5.69 Å². The van der Waals surface area contributed by atoms with E-state index in [4.69, 9.17) is 0 Å². The van der Waals surface area contributed by atoms with Crippen molar-refractivity contribution in [3.05, 3.63) is 28.2 Å². The summed E-state index contributed by atoms with van der Waals surface area (Å²) >= 11 is 3.57. The smallest absolute Gasteiger partial charge is 0.274 e. The van der Waals surface area contributed by atoms with Gasteiger partial charge in [-0.2, -0.15) is 5.10 Å². The molecule has 92 valence electrons. The molecule has 2 atom stereocenters. The van der Waals surface area contributed by atoms with Crippen molar-refractivity contribution in [2.45, 2.75) is 18.2 Å². The van der Waals surface area contributed by atoms with Gasteiger partial charge in [0.15, 0.2) is 0 Å². The van der Waals surface area contributed by atoms with E-state index in [0.717, 1.165) is 13.0 Å². The first-order valence-corrected chi connectivity index (χ1v) is 6.48. The van der Waals surface area contributed by atoms with Crippen LogP contribution in [-0.4, -0.2) is 38.9 Å². The van der Waals surface area contributed by atoms with Crippen molar-refractivity contribution >= 4 is 21.8 Å². The van der Waals surface area contributed by atoms with Gasteiger partial charge in [-0.15, -0.1) is 0 Å². The zero-order valence-corrected chi connectivity index (χ0v) is 11.1. The minimum Gasteiger partial charge on any atom is -0.336 e. The molecule has 2 heterocycles. The molecule has 0 aromatic carbocycles. The van der Waals surface area contributed by atoms with Crippen LogP contribution in [0.4, 0.5) is 0 Å². The average Bonchev–Trinajstić information content (AvgIpc) is 2.33. The van der Waals surface area contributed by atoms with Gasteiger partial charge in [-0.05, 0) is 18.4 Å². The second-order valence-corrected chi connectivity index (χ2v) is 5.52. The van der Waals surface area contributed by atoms with Crippen molar-refractivity contribution in [3.63, 3.8) is 0 Å². The van der Waals surface area contributed by atoms with Crippen molar-refractivity contribution in [2.75, 3.05) is 13.1 Å². The number of hydrogen-bond donors (Lipinski definition) is 1. The highest BCUT2D eigenvalue weighted by molar-refractivity contribution is 9.09. The molecule has 1 saturated heterocycles. The Morgan fingerprint density at radius 3 is 2.94 bits per heavy atom. The molecular weight excluding hydrogens is 286 g/mol. The minimum atomic E-state index is -0.299. The number of aromatic nitrogens is 2. The Labute approximate surface area is 107 Å². The predicted molar refractivity (Wildman–Crippen MR) is 67.3 cm³/mol. The van der Waals surface area contributed by atoms with Gasteiger partial charge in [0, 0.05) is 24.0 Å². The van der Waals surface area contributed by atoms with Crippen molar-refractivity contribution < 1.29 is 4.79 Å². The van der Waals surface area contributed by atoms with Crippen LogP contribution in [0.5, 0.6) is 0 Å². The van der Waals surface area contributed by atoms with Crippen LogP contribution in [0.15, 0.2) is 16.9 Å². The van der Waals surface area contributed by atoms with E-state index >= 15 is 0 Å².